The Bertz CT molecular complexity index is 1370. The van der Waals surface area contributed by atoms with Crippen molar-refractivity contribution in [2.45, 2.75) is 25.3 Å². The third-order valence-electron chi connectivity index (χ3n) is 5.26. The number of nitrogens with zero attached hydrogens (tertiary/aromatic N) is 1. The molecule has 3 rings (SSSR count). The number of rotatable bonds is 9. The zero-order valence-electron chi connectivity index (χ0n) is 19.2. The van der Waals surface area contributed by atoms with Crippen LogP contribution in [0.4, 0.5) is 5.69 Å². The van der Waals surface area contributed by atoms with Crippen molar-refractivity contribution in [1.82, 2.24) is 5.32 Å². The Morgan fingerprint density at radius 1 is 1.03 bits per heavy atom. The molecule has 0 aliphatic rings. The SMILES string of the molecule is Cc1ccc(S(=O)(=O)N(CC(=O)NCc2cccc(/C=C/C(=O)O)c2)c2cccc(Cl)c2C)cc1. The number of hydrogen-bond donors (Lipinski definition) is 2. The number of halogens is 1. The van der Waals surface area contributed by atoms with Crippen LogP contribution in [0.2, 0.25) is 5.02 Å². The lowest BCUT2D eigenvalue weighted by molar-refractivity contribution is -0.131. The summed E-state index contributed by atoms with van der Waals surface area (Å²) >= 11 is 6.25. The van der Waals surface area contributed by atoms with Gasteiger partial charge in [-0.3, -0.25) is 9.10 Å². The summed E-state index contributed by atoms with van der Waals surface area (Å²) in [5.74, 6) is -1.57. The number of benzene rings is 3. The van der Waals surface area contributed by atoms with Gasteiger partial charge in [-0.2, -0.15) is 0 Å². The molecule has 0 radical (unpaired) electrons. The van der Waals surface area contributed by atoms with E-state index in [2.05, 4.69) is 5.32 Å². The van der Waals surface area contributed by atoms with Crippen LogP contribution in [0.1, 0.15) is 22.3 Å². The van der Waals surface area contributed by atoms with Gasteiger partial charge < -0.3 is 10.4 Å². The van der Waals surface area contributed by atoms with Gasteiger partial charge in [0.05, 0.1) is 10.6 Å². The van der Waals surface area contributed by atoms with E-state index < -0.39 is 28.4 Å². The highest BCUT2D eigenvalue weighted by molar-refractivity contribution is 7.92. The van der Waals surface area contributed by atoms with E-state index in [1.54, 1.807) is 61.5 Å². The van der Waals surface area contributed by atoms with E-state index in [0.29, 0.717) is 21.8 Å². The van der Waals surface area contributed by atoms with Crippen molar-refractivity contribution < 1.29 is 23.1 Å². The molecule has 3 aromatic rings. The van der Waals surface area contributed by atoms with Crippen LogP contribution in [0.25, 0.3) is 6.08 Å². The summed E-state index contributed by atoms with van der Waals surface area (Å²) in [7, 11) is -4.06. The molecule has 0 aliphatic carbocycles. The maximum absolute atomic E-state index is 13.5. The highest BCUT2D eigenvalue weighted by Crippen LogP contribution is 2.30. The molecule has 2 N–H and O–H groups in total. The second-order valence-corrected chi connectivity index (χ2v) is 10.2. The molecule has 0 fully saturated rings. The van der Waals surface area contributed by atoms with Crippen LogP contribution in [0.3, 0.4) is 0 Å². The molecule has 35 heavy (non-hydrogen) atoms. The minimum atomic E-state index is -4.06. The fourth-order valence-electron chi connectivity index (χ4n) is 3.36. The van der Waals surface area contributed by atoms with Gasteiger partial charge in [0.1, 0.15) is 6.54 Å². The number of carbonyl (C=O) groups excluding carboxylic acids is 1. The average Bonchev–Trinajstić information content (AvgIpc) is 2.82. The smallest absolute Gasteiger partial charge is 0.328 e. The molecule has 0 bridgehead atoms. The fourth-order valence-corrected chi connectivity index (χ4v) is 5.01. The van der Waals surface area contributed by atoms with Gasteiger partial charge in [-0.05, 0) is 66.9 Å². The molecular weight excluding hydrogens is 488 g/mol. The predicted molar refractivity (Wildman–Crippen MR) is 137 cm³/mol. The number of aliphatic carboxylic acids is 1. The van der Waals surface area contributed by atoms with E-state index in [-0.39, 0.29) is 11.4 Å². The van der Waals surface area contributed by atoms with Crippen LogP contribution in [0, 0.1) is 13.8 Å². The number of aryl methyl sites for hydroxylation is 1. The molecule has 0 saturated heterocycles. The first-order valence-corrected chi connectivity index (χ1v) is 12.5. The second kappa shape index (κ2) is 11.2. The second-order valence-electron chi connectivity index (χ2n) is 7.90. The number of carboxylic acid groups (broad SMARTS) is 1. The summed E-state index contributed by atoms with van der Waals surface area (Å²) in [6.45, 7) is 3.25. The Morgan fingerprint density at radius 2 is 1.71 bits per heavy atom. The summed E-state index contributed by atoms with van der Waals surface area (Å²) in [5, 5.41) is 11.9. The molecule has 7 nitrogen and oxygen atoms in total. The van der Waals surface area contributed by atoms with Crippen LogP contribution >= 0.6 is 11.6 Å². The minimum Gasteiger partial charge on any atom is -0.478 e. The zero-order chi connectivity index (χ0) is 25.6. The van der Waals surface area contributed by atoms with Crippen LogP contribution in [0.5, 0.6) is 0 Å². The maximum Gasteiger partial charge on any atom is 0.328 e. The third kappa shape index (κ3) is 6.71. The van der Waals surface area contributed by atoms with E-state index in [1.165, 1.54) is 18.2 Å². The minimum absolute atomic E-state index is 0.0631. The van der Waals surface area contributed by atoms with E-state index in [9.17, 15) is 18.0 Å². The number of sulfonamides is 1. The van der Waals surface area contributed by atoms with E-state index >= 15 is 0 Å². The van der Waals surface area contributed by atoms with Gasteiger partial charge in [-0.25, -0.2) is 13.2 Å². The molecule has 182 valence electrons. The van der Waals surface area contributed by atoms with Gasteiger partial charge in [-0.15, -0.1) is 0 Å². The molecule has 0 heterocycles. The molecule has 0 atom stereocenters. The normalized spacial score (nSPS) is 11.4. The molecule has 9 heteroatoms. The maximum atomic E-state index is 13.5. The van der Waals surface area contributed by atoms with Crippen molar-refractivity contribution in [2.75, 3.05) is 10.8 Å². The lowest BCUT2D eigenvalue weighted by atomic mass is 10.1. The molecule has 3 aromatic carbocycles. The first kappa shape index (κ1) is 26.0. The highest BCUT2D eigenvalue weighted by atomic mass is 35.5. The monoisotopic (exact) mass is 512 g/mol. The molecule has 0 spiro atoms. The zero-order valence-corrected chi connectivity index (χ0v) is 20.8. The van der Waals surface area contributed by atoms with Crippen molar-refractivity contribution in [3.8, 4) is 0 Å². The molecule has 0 saturated carbocycles. The van der Waals surface area contributed by atoms with Gasteiger partial charge in [-0.1, -0.05) is 53.6 Å². The lowest BCUT2D eigenvalue weighted by Crippen LogP contribution is -2.41. The van der Waals surface area contributed by atoms with Gasteiger partial charge >= 0.3 is 5.97 Å². The van der Waals surface area contributed by atoms with Gasteiger partial charge in [0.2, 0.25) is 5.91 Å². The third-order valence-corrected chi connectivity index (χ3v) is 7.45. The largest absolute Gasteiger partial charge is 0.478 e. The molecule has 0 unspecified atom stereocenters. The van der Waals surface area contributed by atoms with E-state index in [4.69, 9.17) is 16.7 Å². The number of carbonyl (C=O) groups is 2. The molecule has 0 aromatic heterocycles. The Morgan fingerprint density at radius 3 is 2.40 bits per heavy atom. The van der Waals surface area contributed by atoms with Gasteiger partial charge in [0, 0.05) is 17.6 Å². The number of carboxylic acids is 1. The Balaban J connectivity index is 1.85. The van der Waals surface area contributed by atoms with Gasteiger partial charge in [0.25, 0.3) is 10.0 Å². The molecule has 0 aliphatic heterocycles. The summed E-state index contributed by atoms with van der Waals surface area (Å²) < 4.78 is 28.1. The Kier molecular flexibility index (Phi) is 8.32. The van der Waals surface area contributed by atoms with Crippen LogP contribution < -0.4 is 9.62 Å². The van der Waals surface area contributed by atoms with Crippen molar-refractivity contribution in [3.63, 3.8) is 0 Å². The van der Waals surface area contributed by atoms with Crippen molar-refractivity contribution >= 4 is 45.3 Å². The summed E-state index contributed by atoms with van der Waals surface area (Å²) in [4.78, 5) is 23.7. The van der Waals surface area contributed by atoms with E-state index in [1.807, 2.05) is 6.92 Å². The van der Waals surface area contributed by atoms with Crippen LogP contribution in [-0.4, -0.2) is 31.9 Å². The average molecular weight is 513 g/mol. The van der Waals surface area contributed by atoms with Crippen LogP contribution in [0.15, 0.2) is 77.7 Å². The highest BCUT2D eigenvalue weighted by Gasteiger charge is 2.28. The Hall–Kier alpha value is -3.62. The molecule has 1 amide bonds. The number of hydrogen-bond acceptors (Lipinski definition) is 4. The van der Waals surface area contributed by atoms with Crippen molar-refractivity contribution in [3.05, 3.63) is 100 Å². The van der Waals surface area contributed by atoms with Gasteiger partial charge in [0.15, 0.2) is 0 Å². The first-order valence-electron chi connectivity index (χ1n) is 10.7. The number of anilines is 1. The number of nitrogens with one attached hydrogen (secondary N) is 1. The summed E-state index contributed by atoms with van der Waals surface area (Å²) in [5.41, 5.74) is 3.16. The predicted octanol–water partition coefficient (Wildman–Crippen LogP) is 4.57. The van der Waals surface area contributed by atoms with E-state index in [0.717, 1.165) is 21.5 Å². The molecular formula is C26H25ClN2O5S. The Labute approximate surface area is 209 Å². The van der Waals surface area contributed by atoms with Crippen molar-refractivity contribution in [2.24, 2.45) is 0 Å². The standard InChI is InChI=1S/C26H25ClN2O5S/c1-18-9-12-22(13-10-18)35(33,34)29(24-8-4-7-23(27)19(24)2)17-25(30)28-16-21-6-3-5-20(15-21)11-14-26(31)32/h3-15H,16-17H2,1-2H3,(H,28,30)(H,31,32)/b14-11+. The van der Waals surface area contributed by atoms with Crippen LogP contribution in [-0.2, 0) is 26.2 Å². The number of amides is 1. The summed E-state index contributed by atoms with van der Waals surface area (Å²) in [6, 6.07) is 18.3. The fraction of sp³-hybridized carbons (Fsp3) is 0.154. The van der Waals surface area contributed by atoms with Crippen molar-refractivity contribution in [1.29, 1.82) is 0 Å². The topological polar surface area (TPSA) is 104 Å². The quantitative estimate of drug-likeness (QED) is 0.409. The lowest BCUT2D eigenvalue weighted by Gasteiger charge is -2.26. The first-order chi connectivity index (χ1) is 16.6. The summed E-state index contributed by atoms with van der Waals surface area (Å²) in [6.07, 6.45) is 2.48.